The Hall–Kier alpha value is -6.78. The largest absolute Gasteiger partial charge is 0.309 e. The Kier molecular flexibility index (Phi) is 6.46. The second kappa shape index (κ2) is 11.4. The molecule has 0 fully saturated rings. The highest BCUT2D eigenvalue weighted by molar-refractivity contribution is 6.11. The Morgan fingerprint density at radius 1 is 0.340 bits per heavy atom. The standard InChI is InChI=1S/C46H30N4/c1-4-13-31(14-5-1)40-29-36(30-41(48-40)32-15-6-2-7-16-32)50-43-21-12-26-47-46(43)39-25-23-34(28-45(39)50)33-22-24-38-37-19-10-11-20-42(37)49(44(38)27-33)35-17-8-3-9-18-35/h1-30H. The maximum atomic E-state index is 5.16. The molecule has 0 N–H and O–H groups in total. The lowest BCUT2D eigenvalue weighted by Gasteiger charge is -2.13. The van der Waals surface area contributed by atoms with Crippen LogP contribution in [0.2, 0.25) is 0 Å². The van der Waals surface area contributed by atoms with Crippen molar-refractivity contribution in [3.05, 3.63) is 182 Å². The van der Waals surface area contributed by atoms with E-state index in [0.717, 1.165) is 67.0 Å². The molecule has 0 unspecified atom stereocenters. The maximum absolute atomic E-state index is 5.16. The highest BCUT2D eigenvalue weighted by Crippen LogP contribution is 2.38. The fraction of sp³-hybridized carbons (Fsp3) is 0. The molecule has 4 heterocycles. The molecule has 0 aliphatic rings. The maximum Gasteiger partial charge on any atom is 0.0963 e. The molecular formula is C46H30N4. The molecule has 10 rings (SSSR count). The van der Waals surface area contributed by atoms with Crippen LogP contribution in [-0.2, 0) is 0 Å². The summed E-state index contributed by atoms with van der Waals surface area (Å²) >= 11 is 0. The van der Waals surface area contributed by atoms with Crippen molar-refractivity contribution >= 4 is 43.7 Å². The zero-order valence-corrected chi connectivity index (χ0v) is 27.1. The molecule has 234 valence electrons. The second-order valence-electron chi connectivity index (χ2n) is 12.7. The van der Waals surface area contributed by atoms with Gasteiger partial charge in [-0.3, -0.25) is 4.98 Å². The quantitative estimate of drug-likeness (QED) is 0.188. The van der Waals surface area contributed by atoms with E-state index < -0.39 is 0 Å². The lowest BCUT2D eigenvalue weighted by molar-refractivity contribution is 1.15. The lowest BCUT2D eigenvalue weighted by Crippen LogP contribution is -1.98. The molecular weight excluding hydrogens is 609 g/mol. The van der Waals surface area contributed by atoms with E-state index in [0.29, 0.717) is 0 Å². The van der Waals surface area contributed by atoms with Crippen LogP contribution in [0.1, 0.15) is 0 Å². The predicted octanol–water partition coefficient (Wildman–Crippen LogP) is 11.7. The number of para-hydroxylation sites is 2. The zero-order valence-electron chi connectivity index (χ0n) is 27.1. The molecule has 0 saturated carbocycles. The van der Waals surface area contributed by atoms with Gasteiger partial charge < -0.3 is 9.13 Å². The van der Waals surface area contributed by atoms with Crippen molar-refractivity contribution in [2.45, 2.75) is 0 Å². The van der Waals surface area contributed by atoms with Gasteiger partial charge in [0.1, 0.15) is 0 Å². The summed E-state index contributed by atoms with van der Waals surface area (Å²) in [6.07, 6.45) is 1.88. The summed E-state index contributed by atoms with van der Waals surface area (Å²) in [5.74, 6) is 0. The average Bonchev–Trinajstić information content (AvgIpc) is 3.71. The summed E-state index contributed by atoms with van der Waals surface area (Å²) in [6.45, 7) is 0. The molecule has 0 saturated heterocycles. The highest BCUT2D eigenvalue weighted by Gasteiger charge is 2.18. The molecule has 0 aliphatic carbocycles. The first-order valence-corrected chi connectivity index (χ1v) is 16.9. The lowest BCUT2D eigenvalue weighted by atomic mass is 10.0. The fourth-order valence-corrected chi connectivity index (χ4v) is 7.45. The molecule has 0 radical (unpaired) electrons. The van der Waals surface area contributed by atoms with Gasteiger partial charge in [-0.05, 0) is 71.8 Å². The van der Waals surface area contributed by atoms with Crippen LogP contribution in [-0.4, -0.2) is 19.1 Å². The van der Waals surface area contributed by atoms with Crippen LogP contribution in [0.25, 0.3) is 88.8 Å². The molecule has 6 aromatic carbocycles. The SMILES string of the molecule is c1ccc(-c2cc(-n3c4cc(-c5ccc6c7ccccc7n(-c7ccccc7)c6c5)ccc4c4ncccc43)cc(-c3ccccc3)n2)cc1. The molecule has 4 nitrogen and oxygen atoms in total. The van der Waals surface area contributed by atoms with Gasteiger partial charge in [-0.2, -0.15) is 0 Å². The van der Waals surface area contributed by atoms with Crippen molar-refractivity contribution in [1.29, 1.82) is 0 Å². The molecule has 4 aromatic heterocycles. The van der Waals surface area contributed by atoms with Crippen LogP contribution in [0.4, 0.5) is 0 Å². The van der Waals surface area contributed by atoms with E-state index in [2.05, 4.69) is 167 Å². The Balaban J connectivity index is 1.22. The molecule has 0 atom stereocenters. The van der Waals surface area contributed by atoms with Gasteiger partial charge in [0.25, 0.3) is 0 Å². The first-order chi connectivity index (χ1) is 24.8. The van der Waals surface area contributed by atoms with Crippen molar-refractivity contribution < 1.29 is 0 Å². The van der Waals surface area contributed by atoms with Gasteiger partial charge in [-0.1, -0.05) is 115 Å². The Labute approximate surface area is 289 Å². The monoisotopic (exact) mass is 638 g/mol. The van der Waals surface area contributed by atoms with E-state index >= 15 is 0 Å². The van der Waals surface area contributed by atoms with Crippen LogP contribution in [0, 0.1) is 0 Å². The number of benzene rings is 6. The minimum atomic E-state index is 0.927. The summed E-state index contributed by atoms with van der Waals surface area (Å²) in [7, 11) is 0. The van der Waals surface area contributed by atoms with Crippen molar-refractivity contribution in [3.63, 3.8) is 0 Å². The summed E-state index contributed by atoms with van der Waals surface area (Å²) in [5, 5.41) is 3.61. The van der Waals surface area contributed by atoms with Crippen LogP contribution >= 0.6 is 0 Å². The van der Waals surface area contributed by atoms with E-state index in [-0.39, 0.29) is 0 Å². The van der Waals surface area contributed by atoms with Crippen molar-refractivity contribution in [2.24, 2.45) is 0 Å². The summed E-state index contributed by atoms with van der Waals surface area (Å²) in [4.78, 5) is 10.0. The number of hydrogen-bond donors (Lipinski definition) is 0. The molecule has 10 aromatic rings. The van der Waals surface area contributed by atoms with Crippen molar-refractivity contribution in [3.8, 4) is 45.0 Å². The van der Waals surface area contributed by atoms with Crippen LogP contribution in [0.5, 0.6) is 0 Å². The highest BCUT2D eigenvalue weighted by atomic mass is 15.0. The van der Waals surface area contributed by atoms with E-state index in [1.807, 2.05) is 24.4 Å². The molecule has 0 spiro atoms. The van der Waals surface area contributed by atoms with Crippen molar-refractivity contribution in [1.82, 2.24) is 19.1 Å². The van der Waals surface area contributed by atoms with Crippen LogP contribution in [0.3, 0.4) is 0 Å². The summed E-state index contributed by atoms with van der Waals surface area (Å²) < 4.78 is 4.72. The molecule has 4 heteroatoms. The van der Waals surface area contributed by atoms with E-state index in [1.165, 1.54) is 21.8 Å². The topological polar surface area (TPSA) is 35.6 Å². The average molecular weight is 639 g/mol. The number of nitrogens with zero attached hydrogens (tertiary/aromatic N) is 4. The second-order valence-corrected chi connectivity index (χ2v) is 12.7. The predicted molar refractivity (Wildman–Crippen MR) is 207 cm³/mol. The van der Waals surface area contributed by atoms with Crippen LogP contribution < -0.4 is 0 Å². The van der Waals surface area contributed by atoms with E-state index in [4.69, 9.17) is 9.97 Å². The number of hydrogen-bond acceptors (Lipinski definition) is 2. The minimum absolute atomic E-state index is 0.927. The third-order valence-electron chi connectivity index (χ3n) is 9.75. The first-order valence-electron chi connectivity index (χ1n) is 16.9. The van der Waals surface area contributed by atoms with E-state index in [9.17, 15) is 0 Å². The Bertz CT molecular complexity index is 2790. The number of aromatic nitrogens is 4. The minimum Gasteiger partial charge on any atom is -0.309 e. The third kappa shape index (κ3) is 4.54. The van der Waals surface area contributed by atoms with Gasteiger partial charge in [-0.15, -0.1) is 0 Å². The van der Waals surface area contributed by atoms with Gasteiger partial charge in [0, 0.05) is 39.2 Å². The van der Waals surface area contributed by atoms with Crippen LogP contribution in [0.15, 0.2) is 182 Å². The number of rotatable bonds is 5. The third-order valence-corrected chi connectivity index (χ3v) is 9.75. The van der Waals surface area contributed by atoms with Gasteiger partial charge >= 0.3 is 0 Å². The van der Waals surface area contributed by atoms with E-state index in [1.54, 1.807) is 0 Å². The molecule has 50 heavy (non-hydrogen) atoms. The molecule has 0 aliphatic heterocycles. The molecule has 0 bridgehead atoms. The molecule has 0 amide bonds. The Morgan fingerprint density at radius 2 is 0.860 bits per heavy atom. The van der Waals surface area contributed by atoms with Gasteiger partial charge in [-0.25, -0.2) is 4.98 Å². The Morgan fingerprint density at radius 3 is 1.54 bits per heavy atom. The first kappa shape index (κ1) is 28.3. The smallest absolute Gasteiger partial charge is 0.0963 e. The summed E-state index contributed by atoms with van der Waals surface area (Å²) in [5.41, 5.74) is 14.0. The normalized spacial score (nSPS) is 11.6. The van der Waals surface area contributed by atoms with Gasteiger partial charge in [0.15, 0.2) is 0 Å². The summed E-state index contributed by atoms with van der Waals surface area (Å²) in [6, 6.07) is 62.4. The number of pyridine rings is 2. The fourth-order valence-electron chi connectivity index (χ4n) is 7.45. The zero-order chi connectivity index (χ0) is 33.0. The number of fused-ring (bicyclic) bond motifs is 6. The van der Waals surface area contributed by atoms with Gasteiger partial charge in [0.2, 0.25) is 0 Å². The van der Waals surface area contributed by atoms with Gasteiger partial charge in [0.05, 0.1) is 44.7 Å². The van der Waals surface area contributed by atoms with Crippen molar-refractivity contribution in [2.75, 3.05) is 0 Å².